The van der Waals surface area contributed by atoms with Gasteiger partial charge in [-0.1, -0.05) is 18.2 Å². The van der Waals surface area contributed by atoms with Crippen molar-refractivity contribution in [3.05, 3.63) is 53.1 Å². The summed E-state index contributed by atoms with van der Waals surface area (Å²) in [5.41, 5.74) is 3.32. The van der Waals surface area contributed by atoms with E-state index >= 15 is 0 Å². The van der Waals surface area contributed by atoms with Gasteiger partial charge < -0.3 is 25.2 Å². The van der Waals surface area contributed by atoms with E-state index in [1.54, 1.807) is 12.1 Å². The Morgan fingerprint density at radius 3 is 2.89 bits per heavy atom. The first-order valence-corrected chi connectivity index (χ1v) is 8.62. The van der Waals surface area contributed by atoms with Gasteiger partial charge in [0.05, 0.1) is 6.10 Å². The molecule has 0 saturated carbocycles. The van der Waals surface area contributed by atoms with Crippen molar-refractivity contribution >= 4 is 11.7 Å². The molecule has 6 nitrogen and oxygen atoms in total. The highest BCUT2D eigenvalue weighted by molar-refractivity contribution is 5.90. The molecule has 142 valence electrons. The molecular weight excluding hydrogens is 358 g/mol. The molecule has 4 rings (SSSR count). The third-order valence-electron chi connectivity index (χ3n) is 4.63. The summed E-state index contributed by atoms with van der Waals surface area (Å²) in [7, 11) is 0. The van der Waals surface area contributed by atoms with E-state index in [1.165, 1.54) is 12.1 Å². The number of urea groups is 1. The minimum absolute atomic E-state index is 0.0392. The molecular formula is C19H18F2N2O4. The second kappa shape index (κ2) is 6.70. The SMILES string of the molecule is O=C(NCc1ccc2c(c1)OC(F)(F)O2)Nc1cccc2c1C[C@H](O)CC2. The quantitative estimate of drug-likeness (QED) is 0.769. The van der Waals surface area contributed by atoms with Gasteiger partial charge >= 0.3 is 12.3 Å². The van der Waals surface area contributed by atoms with E-state index in [-0.39, 0.29) is 18.0 Å². The van der Waals surface area contributed by atoms with Gasteiger partial charge in [0.2, 0.25) is 0 Å². The lowest BCUT2D eigenvalue weighted by Crippen LogP contribution is -2.29. The van der Waals surface area contributed by atoms with E-state index in [9.17, 15) is 18.7 Å². The molecule has 1 heterocycles. The standard InChI is InChI=1S/C19H18F2N2O4/c20-19(21)26-16-7-4-11(8-17(16)27-19)10-22-18(25)23-15-3-1-2-12-5-6-13(24)9-14(12)15/h1-4,7-8,13,24H,5-6,9-10H2,(H2,22,23,25)/t13-/m1/s1. The van der Waals surface area contributed by atoms with Gasteiger partial charge in [0.25, 0.3) is 0 Å². The number of halogens is 2. The summed E-state index contributed by atoms with van der Waals surface area (Å²) >= 11 is 0. The van der Waals surface area contributed by atoms with Gasteiger partial charge in [0.1, 0.15) is 0 Å². The van der Waals surface area contributed by atoms with Crippen LogP contribution in [-0.2, 0) is 19.4 Å². The number of hydrogen-bond donors (Lipinski definition) is 3. The molecule has 1 atom stereocenters. The molecule has 0 bridgehead atoms. The minimum Gasteiger partial charge on any atom is -0.395 e. The molecule has 2 aromatic rings. The van der Waals surface area contributed by atoms with Crippen molar-refractivity contribution in [1.29, 1.82) is 0 Å². The fraction of sp³-hybridized carbons (Fsp3) is 0.316. The predicted octanol–water partition coefficient (Wildman–Crippen LogP) is 3.18. The maximum absolute atomic E-state index is 13.0. The van der Waals surface area contributed by atoms with Crippen LogP contribution in [0.2, 0.25) is 0 Å². The van der Waals surface area contributed by atoms with Gasteiger partial charge in [-0.05, 0) is 47.7 Å². The predicted molar refractivity (Wildman–Crippen MR) is 93.0 cm³/mol. The van der Waals surface area contributed by atoms with E-state index in [0.29, 0.717) is 24.1 Å². The average molecular weight is 376 g/mol. The molecule has 0 saturated heterocycles. The number of carbonyl (C=O) groups is 1. The number of hydrogen-bond acceptors (Lipinski definition) is 4. The molecule has 1 aliphatic carbocycles. The summed E-state index contributed by atoms with van der Waals surface area (Å²) < 4.78 is 34.8. The zero-order chi connectivity index (χ0) is 19.0. The van der Waals surface area contributed by atoms with Gasteiger partial charge in [-0.25, -0.2) is 4.79 Å². The summed E-state index contributed by atoms with van der Waals surface area (Å²) in [6.07, 6.45) is -2.08. The van der Waals surface area contributed by atoms with Crippen molar-refractivity contribution in [2.75, 3.05) is 5.32 Å². The number of rotatable bonds is 3. The Hall–Kier alpha value is -2.87. The maximum Gasteiger partial charge on any atom is 0.586 e. The normalized spacial score (nSPS) is 19.3. The number of benzene rings is 2. The summed E-state index contributed by atoms with van der Waals surface area (Å²) in [6, 6.07) is 9.57. The molecule has 0 spiro atoms. The van der Waals surface area contributed by atoms with E-state index in [4.69, 9.17) is 0 Å². The van der Waals surface area contributed by atoms with Gasteiger partial charge in [-0.3, -0.25) is 0 Å². The molecule has 27 heavy (non-hydrogen) atoms. The Kier molecular flexibility index (Phi) is 4.35. The highest BCUT2D eigenvalue weighted by Crippen LogP contribution is 2.41. The molecule has 1 aliphatic heterocycles. The van der Waals surface area contributed by atoms with Crippen molar-refractivity contribution in [3.63, 3.8) is 0 Å². The number of anilines is 1. The highest BCUT2D eigenvalue weighted by atomic mass is 19.3. The second-order valence-corrected chi connectivity index (χ2v) is 6.60. The zero-order valence-electron chi connectivity index (χ0n) is 14.3. The van der Waals surface area contributed by atoms with Crippen LogP contribution in [0.1, 0.15) is 23.1 Å². The van der Waals surface area contributed by atoms with Crippen LogP contribution in [0.4, 0.5) is 19.3 Å². The lowest BCUT2D eigenvalue weighted by atomic mass is 9.88. The van der Waals surface area contributed by atoms with Crippen LogP contribution in [0.25, 0.3) is 0 Å². The summed E-state index contributed by atoms with van der Waals surface area (Å²) in [4.78, 5) is 12.2. The number of ether oxygens (including phenoxy) is 2. The Balaban J connectivity index is 1.39. The molecule has 3 N–H and O–H groups in total. The summed E-state index contributed by atoms with van der Waals surface area (Å²) in [5.74, 6) is -0.103. The van der Waals surface area contributed by atoms with Crippen LogP contribution in [0.5, 0.6) is 11.5 Å². The Morgan fingerprint density at radius 2 is 2.04 bits per heavy atom. The van der Waals surface area contributed by atoms with Crippen molar-refractivity contribution in [3.8, 4) is 11.5 Å². The van der Waals surface area contributed by atoms with Crippen LogP contribution in [-0.4, -0.2) is 23.5 Å². The van der Waals surface area contributed by atoms with E-state index < -0.39 is 18.4 Å². The number of amides is 2. The number of nitrogens with one attached hydrogen (secondary N) is 2. The van der Waals surface area contributed by atoms with E-state index in [1.807, 2.05) is 12.1 Å². The number of alkyl halides is 2. The maximum atomic E-state index is 13.0. The number of aliphatic hydroxyl groups is 1. The summed E-state index contributed by atoms with van der Waals surface area (Å²) in [6.45, 7) is 0.131. The first-order chi connectivity index (χ1) is 12.9. The zero-order valence-corrected chi connectivity index (χ0v) is 14.3. The molecule has 0 radical (unpaired) electrons. The molecule has 2 aliphatic rings. The molecule has 2 aromatic carbocycles. The Morgan fingerprint density at radius 1 is 1.22 bits per heavy atom. The highest BCUT2D eigenvalue weighted by Gasteiger charge is 2.43. The number of aliphatic hydroxyl groups excluding tert-OH is 1. The van der Waals surface area contributed by atoms with Crippen molar-refractivity contribution in [2.45, 2.75) is 38.2 Å². The van der Waals surface area contributed by atoms with Crippen molar-refractivity contribution in [1.82, 2.24) is 5.32 Å². The molecule has 0 fully saturated rings. The van der Waals surface area contributed by atoms with Gasteiger partial charge in [0, 0.05) is 18.7 Å². The first kappa shape index (κ1) is 17.5. The largest absolute Gasteiger partial charge is 0.586 e. The van der Waals surface area contributed by atoms with Gasteiger partial charge in [-0.15, -0.1) is 8.78 Å². The third kappa shape index (κ3) is 3.80. The number of carbonyl (C=O) groups excluding carboxylic acids is 1. The molecule has 0 aromatic heterocycles. The van der Waals surface area contributed by atoms with Gasteiger partial charge in [0.15, 0.2) is 11.5 Å². The monoisotopic (exact) mass is 376 g/mol. The second-order valence-electron chi connectivity index (χ2n) is 6.60. The van der Waals surface area contributed by atoms with Crippen molar-refractivity contribution < 1.29 is 28.2 Å². The Bertz CT molecular complexity index is 888. The number of fused-ring (bicyclic) bond motifs is 2. The smallest absolute Gasteiger partial charge is 0.395 e. The molecule has 0 unspecified atom stereocenters. The fourth-order valence-electron chi connectivity index (χ4n) is 3.34. The summed E-state index contributed by atoms with van der Waals surface area (Å²) in [5, 5.41) is 15.3. The lowest BCUT2D eigenvalue weighted by Gasteiger charge is -2.23. The lowest BCUT2D eigenvalue weighted by molar-refractivity contribution is -0.286. The van der Waals surface area contributed by atoms with Crippen LogP contribution < -0.4 is 20.1 Å². The van der Waals surface area contributed by atoms with Gasteiger partial charge in [-0.2, -0.15) is 0 Å². The van der Waals surface area contributed by atoms with Crippen LogP contribution >= 0.6 is 0 Å². The number of aryl methyl sites for hydroxylation is 1. The third-order valence-corrected chi connectivity index (χ3v) is 4.63. The molecule has 8 heteroatoms. The minimum atomic E-state index is -3.66. The molecule has 2 amide bonds. The average Bonchev–Trinajstić information content (AvgIpc) is 2.93. The van der Waals surface area contributed by atoms with Crippen molar-refractivity contribution in [2.24, 2.45) is 0 Å². The van der Waals surface area contributed by atoms with E-state index in [2.05, 4.69) is 20.1 Å². The first-order valence-electron chi connectivity index (χ1n) is 8.62. The van der Waals surface area contributed by atoms with Crippen LogP contribution in [0.3, 0.4) is 0 Å². The Labute approximate surface area is 154 Å². The van der Waals surface area contributed by atoms with Crippen LogP contribution in [0.15, 0.2) is 36.4 Å². The van der Waals surface area contributed by atoms with E-state index in [0.717, 1.165) is 17.5 Å². The topological polar surface area (TPSA) is 79.8 Å². The fourth-order valence-corrected chi connectivity index (χ4v) is 3.34. The van der Waals surface area contributed by atoms with Crippen LogP contribution in [0, 0.1) is 0 Å².